The highest BCUT2D eigenvalue weighted by Gasteiger charge is 2.26. The quantitative estimate of drug-likeness (QED) is 0.345. The van der Waals surface area contributed by atoms with E-state index in [4.69, 9.17) is 29.4 Å². The molecule has 1 aromatic carbocycles. The summed E-state index contributed by atoms with van der Waals surface area (Å²) in [4.78, 5) is 48.1. The first kappa shape index (κ1) is 29.1. The van der Waals surface area contributed by atoms with Crippen molar-refractivity contribution in [2.45, 2.75) is 103 Å². The summed E-state index contributed by atoms with van der Waals surface area (Å²) in [5.41, 5.74) is 6.61. The fourth-order valence-corrected chi connectivity index (χ4v) is 3.53. The Labute approximate surface area is 211 Å². The standard InChI is InChI=1S/C26H37NO9/c1-5-23(28)35-21-13-12-18(15-22(21)36-24(29)6-2)14-20(27)25(30)32-16(3)17(4)33-26(31)34-19-10-8-7-9-11-19/h12-13,15-17,19-20H,5-11,14,27H2,1-4H3/t16-,17-,20-/m0/s1. The molecule has 0 bridgehead atoms. The second-order valence-electron chi connectivity index (χ2n) is 8.84. The van der Waals surface area contributed by atoms with Crippen molar-refractivity contribution in [1.29, 1.82) is 0 Å². The molecule has 0 saturated heterocycles. The minimum Gasteiger partial charge on any atom is -0.458 e. The Morgan fingerprint density at radius 1 is 0.889 bits per heavy atom. The van der Waals surface area contributed by atoms with Gasteiger partial charge >= 0.3 is 24.1 Å². The summed E-state index contributed by atoms with van der Waals surface area (Å²) in [6, 6.07) is 3.56. The molecule has 0 aromatic heterocycles. The van der Waals surface area contributed by atoms with E-state index in [-0.39, 0.29) is 36.9 Å². The van der Waals surface area contributed by atoms with Crippen molar-refractivity contribution in [3.8, 4) is 11.5 Å². The van der Waals surface area contributed by atoms with Gasteiger partial charge < -0.3 is 29.4 Å². The molecular weight excluding hydrogens is 470 g/mol. The minimum absolute atomic E-state index is 0.0635. The van der Waals surface area contributed by atoms with E-state index in [2.05, 4.69) is 0 Å². The molecule has 1 aliphatic rings. The van der Waals surface area contributed by atoms with Gasteiger partial charge in [-0.3, -0.25) is 14.4 Å². The van der Waals surface area contributed by atoms with Crippen molar-refractivity contribution in [3.05, 3.63) is 23.8 Å². The van der Waals surface area contributed by atoms with E-state index in [9.17, 15) is 19.2 Å². The van der Waals surface area contributed by atoms with Gasteiger partial charge in [0.1, 0.15) is 24.4 Å². The molecule has 1 fully saturated rings. The molecule has 10 nitrogen and oxygen atoms in total. The van der Waals surface area contributed by atoms with Crippen molar-refractivity contribution >= 4 is 24.1 Å². The normalized spacial score (nSPS) is 16.2. The van der Waals surface area contributed by atoms with E-state index in [1.807, 2.05) is 0 Å². The summed E-state index contributed by atoms with van der Waals surface area (Å²) in [6.07, 6.45) is 2.79. The first-order valence-corrected chi connectivity index (χ1v) is 12.5. The highest BCUT2D eigenvalue weighted by Crippen LogP contribution is 2.30. The molecule has 0 aliphatic heterocycles. The molecule has 200 valence electrons. The van der Waals surface area contributed by atoms with Crippen molar-refractivity contribution in [2.24, 2.45) is 5.73 Å². The van der Waals surface area contributed by atoms with Crippen LogP contribution < -0.4 is 15.2 Å². The number of carbonyl (C=O) groups is 4. The maximum Gasteiger partial charge on any atom is 0.508 e. The molecule has 2 rings (SSSR count). The molecule has 0 radical (unpaired) electrons. The third-order valence-electron chi connectivity index (χ3n) is 5.85. The second kappa shape index (κ2) is 14.4. The van der Waals surface area contributed by atoms with Crippen LogP contribution in [-0.4, -0.2) is 48.4 Å². The van der Waals surface area contributed by atoms with Gasteiger partial charge in [-0.1, -0.05) is 26.3 Å². The van der Waals surface area contributed by atoms with E-state index >= 15 is 0 Å². The fourth-order valence-electron chi connectivity index (χ4n) is 3.53. The van der Waals surface area contributed by atoms with Crippen molar-refractivity contribution in [3.63, 3.8) is 0 Å². The molecular formula is C26H37NO9. The van der Waals surface area contributed by atoms with E-state index < -0.39 is 42.3 Å². The number of hydrogen-bond acceptors (Lipinski definition) is 10. The third kappa shape index (κ3) is 9.49. The van der Waals surface area contributed by atoms with Crippen LogP contribution >= 0.6 is 0 Å². The van der Waals surface area contributed by atoms with Crippen LogP contribution in [0.5, 0.6) is 11.5 Å². The smallest absolute Gasteiger partial charge is 0.458 e. The number of ether oxygens (including phenoxy) is 5. The zero-order chi connectivity index (χ0) is 26.7. The second-order valence-corrected chi connectivity index (χ2v) is 8.84. The van der Waals surface area contributed by atoms with E-state index in [0.29, 0.717) is 5.56 Å². The van der Waals surface area contributed by atoms with Crippen molar-refractivity contribution in [1.82, 2.24) is 0 Å². The number of benzene rings is 1. The van der Waals surface area contributed by atoms with Crippen LogP contribution in [0.3, 0.4) is 0 Å². The monoisotopic (exact) mass is 507 g/mol. The van der Waals surface area contributed by atoms with Crippen LogP contribution in [0.1, 0.15) is 78.2 Å². The summed E-state index contributed by atoms with van der Waals surface area (Å²) >= 11 is 0. The summed E-state index contributed by atoms with van der Waals surface area (Å²) in [7, 11) is 0. The molecule has 0 spiro atoms. The number of esters is 3. The van der Waals surface area contributed by atoms with E-state index in [1.165, 1.54) is 12.1 Å². The Morgan fingerprint density at radius 3 is 2.08 bits per heavy atom. The highest BCUT2D eigenvalue weighted by atomic mass is 16.7. The predicted molar refractivity (Wildman–Crippen MR) is 129 cm³/mol. The van der Waals surface area contributed by atoms with Gasteiger partial charge in [0.2, 0.25) is 0 Å². The van der Waals surface area contributed by atoms with Crippen LogP contribution in [0, 0.1) is 0 Å². The van der Waals surface area contributed by atoms with E-state index in [1.54, 1.807) is 33.8 Å². The summed E-state index contributed by atoms with van der Waals surface area (Å²) in [5, 5.41) is 0. The lowest BCUT2D eigenvalue weighted by Crippen LogP contribution is -2.39. The van der Waals surface area contributed by atoms with Gasteiger partial charge in [-0.15, -0.1) is 0 Å². The maximum absolute atomic E-state index is 12.6. The van der Waals surface area contributed by atoms with Crippen LogP contribution in [0.2, 0.25) is 0 Å². The number of rotatable bonds is 11. The maximum atomic E-state index is 12.6. The lowest BCUT2D eigenvalue weighted by molar-refractivity contribution is -0.156. The lowest BCUT2D eigenvalue weighted by Gasteiger charge is -2.25. The Bertz CT molecular complexity index is 911. The molecule has 0 unspecified atom stereocenters. The average Bonchev–Trinajstić information content (AvgIpc) is 2.85. The molecule has 0 heterocycles. The molecule has 0 amide bonds. The molecule has 1 aromatic rings. The van der Waals surface area contributed by atoms with Gasteiger partial charge in [-0.05, 0) is 63.6 Å². The summed E-state index contributed by atoms with van der Waals surface area (Å²) < 4.78 is 26.5. The SMILES string of the molecule is CCC(=O)Oc1ccc(C[C@H](N)C(=O)O[C@@H](C)[C@H](C)OC(=O)OC2CCCCC2)cc1OC(=O)CC. The predicted octanol–water partition coefficient (Wildman–Crippen LogP) is 3.99. The minimum atomic E-state index is -1.03. The van der Waals surface area contributed by atoms with Crippen molar-refractivity contribution in [2.75, 3.05) is 0 Å². The lowest BCUT2D eigenvalue weighted by atomic mass is 9.98. The zero-order valence-electron chi connectivity index (χ0n) is 21.4. The Hall–Kier alpha value is -3.14. The molecule has 2 N–H and O–H groups in total. The Balaban J connectivity index is 1.93. The molecule has 1 saturated carbocycles. The molecule has 3 atom stereocenters. The van der Waals surface area contributed by atoms with Gasteiger partial charge in [-0.2, -0.15) is 0 Å². The van der Waals surface area contributed by atoms with Crippen LogP contribution in [-0.2, 0) is 35.0 Å². The van der Waals surface area contributed by atoms with Crippen molar-refractivity contribution < 1.29 is 42.9 Å². The van der Waals surface area contributed by atoms with Gasteiger partial charge in [0, 0.05) is 12.8 Å². The molecule has 10 heteroatoms. The van der Waals surface area contributed by atoms with E-state index in [0.717, 1.165) is 32.1 Å². The zero-order valence-corrected chi connectivity index (χ0v) is 21.4. The first-order chi connectivity index (χ1) is 17.1. The van der Waals surface area contributed by atoms with Crippen LogP contribution in [0.25, 0.3) is 0 Å². The molecule has 36 heavy (non-hydrogen) atoms. The van der Waals surface area contributed by atoms with Gasteiger partial charge in [-0.25, -0.2) is 4.79 Å². The highest BCUT2D eigenvalue weighted by molar-refractivity contribution is 5.77. The summed E-state index contributed by atoms with van der Waals surface area (Å²) in [5.74, 6) is -1.51. The van der Waals surface area contributed by atoms with Crippen LogP contribution in [0.15, 0.2) is 18.2 Å². The fraction of sp³-hybridized carbons (Fsp3) is 0.615. The Morgan fingerprint density at radius 2 is 1.47 bits per heavy atom. The van der Waals surface area contributed by atoms with Gasteiger partial charge in [0.15, 0.2) is 11.5 Å². The Kier molecular flexibility index (Phi) is 11.7. The topological polar surface area (TPSA) is 140 Å². The van der Waals surface area contributed by atoms with Gasteiger partial charge in [0.25, 0.3) is 0 Å². The number of nitrogens with two attached hydrogens (primary N) is 1. The van der Waals surface area contributed by atoms with Gasteiger partial charge in [0.05, 0.1) is 0 Å². The largest absolute Gasteiger partial charge is 0.508 e. The summed E-state index contributed by atoms with van der Waals surface area (Å²) in [6.45, 7) is 6.49. The third-order valence-corrected chi connectivity index (χ3v) is 5.85. The first-order valence-electron chi connectivity index (χ1n) is 12.5. The number of carbonyl (C=O) groups excluding carboxylic acids is 4. The molecule has 1 aliphatic carbocycles. The average molecular weight is 508 g/mol. The number of hydrogen-bond donors (Lipinski definition) is 1. The van der Waals surface area contributed by atoms with Crippen LogP contribution in [0.4, 0.5) is 4.79 Å².